The third-order valence-electron chi connectivity index (χ3n) is 1.56. The number of ether oxygens (including phenoxy) is 1. The topological polar surface area (TPSA) is 26.3 Å². The van der Waals surface area contributed by atoms with Crippen molar-refractivity contribution in [1.82, 2.24) is 0 Å². The Kier molecular flexibility index (Phi) is 8.06. The highest BCUT2D eigenvalue weighted by Gasteiger charge is 2.13. The van der Waals surface area contributed by atoms with Crippen molar-refractivity contribution < 1.29 is 9.53 Å². The molecule has 0 N–H and O–H groups in total. The van der Waals surface area contributed by atoms with E-state index in [-0.39, 0.29) is 10.8 Å². The number of hydrogen-bond acceptors (Lipinski definition) is 2. The number of carbonyl (C=O) groups excluding carboxylic acids is 1. The highest BCUT2D eigenvalue weighted by molar-refractivity contribution is 9.12. The van der Waals surface area contributed by atoms with Crippen LogP contribution in [0.2, 0.25) is 0 Å². The van der Waals surface area contributed by atoms with Gasteiger partial charge in [0.2, 0.25) is 0 Å². The van der Waals surface area contributed by atoms with Crippen molar-refractivity contribution in [2.75, 3.05) is 11.9 Å². The lowest BCUT2D eigenvalue weighted by molar-refractivity contribution is -0.142. The van der Waals surface area contributed by atoms with E-state index in [0.29, 0.717) is 17.9 Å². The number of hydrogen-bond donors (Lipinski definition) is 0. The molecule has 0 saturated heterocycles. The lowest BCUT2D eigenvalue weighted by Gasteiger charge is -2.08. The SMILES string of the molecule is CC(C)CCCOC(=O)C(Br)CBr. The Balaban J connectivity index is 3.37. The maximum Gasteiger partial charge on any atom is 0.320 e. The van der Waals surface area contributed by atoms with Crippen LogP contribution in [-0.4, -0.2) is 22.7 Å². The minimum absolute atomic E-state index is 0.180. The molecule has 1 atom stereocenters. The van der Waals surface area contributed by atoms with Crippen LogP contribution in [-0.2, 0) is 9.53 Å². The van der Waals surface area contributed by atoms with E-state index < -0.39 is 0 Å². The van der Waals surface area contributed by atoms with Gasteiger partial charge in [0.15, 0.2) is 0 Å². The summed E-state index contributed by atoms with van der Waals surface area (Å²) in [5.41, 5.74) is 0. The molecule has 0 aliphatic heterocycles. The standard InChI is InChI=1S/C9H16Br2O2/c1-7(2)4-3-5-13-9(12)8(11)6-10/h7-8H,3-6H2,1-2H3. The van der Waals surface area contributed by atoms with Crippen LogP contribution < -0.4 is 0 Å². The normalized spacial score (nSPS) is 13.0. The fourth-order valence-electron chi connectivity index (χ4n) is 0.818. The van der Waals surface area contributed by atoms with E-state index in [1.807, 2.05) is 0 Å². The van der Waals surface area contributed by atoms with E-state index in [9.17, 15) is 4.79 Å². The Labute approximate surface area is 96.7 Å². The van der Waals surface area contributed by atoms with E-state index in [4.69, 9.17) is 4.74 Å². The van der Waals surface area contributed by atoms with Gasteiger partial charge in [0.25, 0.3) is 0 Å². The first-order chi connectivity index (χ1) is 6.07. The largest absolute Gasteiger partial charge is 0.465 e. The molecule has 0 aliphatic carbocycles. The fourth-order valence-corrected chi connectivity index (χ4v) is 1.21. The van der Waals surface area contributed by atoms with Crippen LogP contribution in [0.15, 0.2) is 0 Å². The Morgan fingerprint density at radius 1 is 1.46 bits per heavy atom. The lowest BCUT2D eigenvalue weighted by atomic mass is 10.1. The highest BCUT2D eigenvalue weighted by Crippen LogP contribution is 2.07. The van der Waals surface area contributed by atoms with E-state index in [0.717, 1.165) is 12.8 Å². The van der Waals surface area contributed by atoms with Crippen molar-refractivity contribution in [2.24, 2.45) is 5.92 Å². The van der Waals surface area contributed by atoms with Gasteiger partial charge in [0, 0.05) is 5.33 Å². The summed E-state index contributed by atoms with van der Waals surface area (Å²) in [5.74, 6) is 0.496. The summed E-state index contributed by atoms with van der Waals surface area (Å²) in [6.07, 6.45) is 2.06. The Hall–Kier alpha value is 0.430. The van der Waals surface area contributed by atoms with Crippen LogP contribution in [0.4, 0.5) is 0 Å². The zero-order valence-corrected chi connectivity index (χ0v) is 11.2. The molecule has 4 heteroatoms. The quantitative estimate of drug-likeness (QED) is 0.427. The van der Waals surface area contributed by atoms with Crippen LogP contribution in [0.5, 0.6) is 0 Å². The van der Waals surface area contributed by atoms with Crippen molar-refractivity contribution in [1.29, 1.82) is 0 Å². The van der Waals surface area contributed by atoms with E-state index in [1.54, 1.807) is 0 Å². The molecular weight excluding hydrogens is 300 g/mol. The van der Waals surface area contributed by atoms with Gasteiger partial charge in [-0.1, -0.05) is 45.7 Å². The van der Waals surface area contributed by atoms with Gasteiger partial charge in [-0.05, 0) is 18.8 Å². The third-order valence-corrected chi connectivity index (χ3v) is 3.78. The van der Waals surface area contributed by atoms with Gasteiger partial charge in [0.1, 0.15) is 4.83 Å². The first kappa shape index (κ1) is 13.4. The molecule has 0 aromatic rings. The van der Waals surface area contributed by atoms with Gasteiger partial charge in [-0.2, -0.15) is 0 Å². The molecule has 0 fully saturated rings. The average molecular weight is 316 g/mol. The Morgan fingerprint density at radius 3 is 2.54 bits per heavy atom. The van der Waals surface area contributed by atoms with Crippen LogP contribution in [0.25, 0.3) is 0 Å². The molecule has 0 aromatic heterocycles. The fraction of sp³-hybridized carbons (Fsp3) is 0.889. The van der Waals surface area contributed by atoms with Gasteiger partial charge in [-0.25, -0.2) is 0 Å². The summed E-state index contributed by atoms with van der Waals surface area (Å²) < 4.78 is 5.03. The Morgan fingerprint density at radius 2 is 2.08 bits per heavy atom. The molecule has 2 nitrogen and oxygen atoms in total. The predicted octanol–water partition coefficient (Wildman–Crippen LogP) is 3.12. The van der Waals surface area contributed by atoms with Crippen LogP contribution in [0, 0.1) is 5.92 Å². The minimum atomic E-state index is -0.216. The third kappa shape index (κ3) is 7.50. The number of carbonyl (C=O) groups is 1. The maximum absolute atomic E-state index is 11.1. The minimum Gasteiger partial charge on any atom is -0.465 e. The summed E-state index contributed by atoms with van der Waals surface area (Å²) in [6, 6.07) is 0. The zero-order valence-electron chi connectivity index (χ0n) is 8.06. The molecule has 0 heterocycles. The number of esters is 1. The predicted molar refractivity (Wildman–Crippen MR) is 61.5 cm³/mol. The second-order valence-corrected chi connectivity index (χ2v) is 5.08. The van der Waals surface area contributed by atoms with Crippen LogP contribution in [0.1, 0.15) is 26.7 Å². The molecule has 0 rings (SSSR count). The van der Waals surface area contributed by atoms with Gasteiger partial charge in [-0.3, -0.25) is 4.79 Å². The molecule has 0 radical (unpaired) electrons. The van der Waals surface area contributed by atoms with Gasteiger partial charge in [-0.15, -0.1) is 0 Å². The van der Waals surface area contributed by atoms with Crippen molar-refractivity contribution in [3.63, 3.8) is 0 Å². The van der Waals surface area contributed by atoms with Crippen LogP contribution >= 0.6 is 31.9 Å². The molecule has 0 aliphatic rings. The first-order valence-corrected chi connectivity index (χ1v) is 6.48. The van der Waals surface area contributed by atoms with Gasteiger partial charge in [0.05, 0.1) is 6.61 Å². The van der Waals surface area contributed by atoms with Crippen molar-refractivity contribution in [3.05, 3.63) is 0 Å². The number of alkyl halides is 2. The molecule has 0 bridgehead atoms. The summed E-state index contributed by atoms with van der Waals surface area (Å²) in [4.78, 5) is 10.9. The Bertz CT molecular complexity index is 149. The summed E-state index contributed by atoms with van der Waals surface area (Å²) in [7, 11) is 0. The van der Waals surface area contributed by atoms with Crippen molar-refractivity contribution in [3.8, 4) is 0 Å². The summed E-state index contributed by atoms with van der Waals surface area (Å²) >= 11 is 6.40. The first-order valence-electron chi connectivity index (χ1n) is 4.44. The lowest BCUT2D eigenvalue weighted by Crippen LogP contribution is -2.19. The van der Waals surface area contributed by atoms with Gasteiger partial charge >= 0.3 is 5.97 Å². The second kappa shape index (κ2) is 7.80. The highest BCUT2D eigenvalue weighted by atomic mass is 79.9. The monoisotopic (exact) mass is 314 g/mol. The van der Waals surface area contributed by atoms with Crippen LogP contribution in [0.3, 0.4) is 0 Å². The summed E-state index contributed by atoms with van der Waals surface area (Å²) in [6.45, 7) is 4.85. The smallest absolute Gasteiger partial charge is 0.320 e. The maximum atomic E-state index is 11.1. The number of halogens is 2. The summed E-state index contributed by atoms with van der Waals surface area (Å²) in [5, 5.41) is 0.593. The van der Waals surface area contributed by atoms with E-state index in [1.165, 1.54) is 0 Å². The molecule has 0 amide bonds. The van der Waals surface area contributed by atoms with E-state index in [2.05, 4.69) is 45.7 Å². The molecule has 78 valence electrons. The molecule has 13 heavy (non-hydrogen) atoms. The van der Waals surface area contributed by atoms with Crippen molar-refractivity contribution in [2.45, 2.75) is 31.5 Å². The molecule has 1 unspecified atom stereocenters. The average Bonchev–Trinajstić information content (AvgIpc) is 2.10. The van der Waals surface area contributed by atoms with Crippen molar-refractivity contribution >= 4 is 37.8 Å². The molecule has 0 aromatic carbocycles. The second-order valence-electron chi connectivity index (χ2n) is 3.33. The molecule has 0 saturated carbocycles. The van der Waals surface area contributed by atoms with Gasteiger partial charge < -0.3 is 4.74 Å². The molecule has 0 spiro atoms. The number of rotatable bonds is 6. The zero-order chi connectivity index (χ0) is 10.3. The van der Waals surface area contributed by atoms with E-state index >= 15 is 0 Å². The molecular formula is C9H16Br2O2.